The molecule has 2 aromatic rings. The first-order valence-electron chi connectivity index (χ1n) is 6.47. The number of ether oxygens (including phenoxy) is 1. The van der Waals surface area contributed by atoms with Gasteiger partial charge >= 0.3 is 0 Å². The zero-order valence-corrected chi connectivity index (χ0v) is 14.6. The molecule has 20 heavy (non-hydrogen) atoms. The lowest BCUT2D eigenvalue weighted by Gasteiger charge is -2.19. The lowest BCUT2D eigenvalue weighted by molar-refractivity contribution is 0.411. The average molecular weight is 403 g/mol. The van der Waals surface area contributed by atoms with Crippen LogP contribution >= 0.6 is 31.9 Å². The summed E-state index contributed by atoms with van der Waals surface area (Å²) in [5.41, 5.74) is 2.25. The van der Waals surface area contributed by atoms with Crippen molar-refractivity contribution in [2.75, 3.05) is 13.7 Å². The molecule has 0 radical (unpaired) electrons. The van der Waals surface area contributed by atoms with Crippen molar-refractivity contribution in [1.82, 2.24) is 5.32 Å². The van der Waals surface area contributed by atoms with Crippen LogP contribution in [0.25, 0.3) is 0 Å². The van der Waals surface area contributed by atoms with E-state index in [9.17, 15) is 0 Å². The van der Waals surface area contributed by atoms with Crippen LogP contribution < -0.4 is 10.1 Å². The molecule has 5 heteroatoms. The molecule has 0 amide bonds. The molecule has 0 saturated carbocycles. The molecule has 1 heterocycles. The number of rotatable bonds is 6. The lowest BCUT2D eigenvalue weighted by atomic mass is 10.0. The Hall–Kier alpha value is -0.780. The van der Waals surface area contributed by atoms with E-state index in [0.29, 0.717) is 0 Å². The molecular weight excluding hydrogens is 386 g/mol. The van der Waals surface area contributed by atoms with Crippen LogP contribution in [0.3, 0.4) is 0 Å². The van der Waals surface area contributed by atoms with Gasteiger partial charge in [0.05, 0.1) is 23.9 Å². The smallest absolute Gasteiger partial charge is 0.174 e. The number of furan rings is 1. The van der Waals surface area contributed by atoms with E-state index in [1.807, 2.05) is 12.1 Å². The number of hydrogen-bond donors (Lipinski definition) is 1. The second-order valence-electron chi connectivity index (χ2n) is 4.43. The summed E-state index contributed by atoms with van der Waals surface area (Å²) in [6.07, 6.45) is 2.77. The van der Waals surface area contributed by atoms with E-state index < -0.39 is 0 Å². The third-order valence-corrected chi connectivity index (χ3v) is 4.33. The summed E-state index contributed by atoms with van der Waals surface area (Å²) in [7, 11) is 1.67. The van der Waals surface area contributed by atoms with Gasteiger partial charge in [0.1, 0.15) is 5.75 Å². The van der Waals surface area contributed by atoms with Gasteiger partial charge < -0.3 is 14.5 Å². The Kier molecular flexibility index (Phi) is 5.69. The van der Waals surface area contributed by atoms with Gasteiger partial charge in [0.15, 0.2) is 4.67 Å². The first kappa shape index (κ1) is 15.6. The van der Waals surface area contributed by atoms with Crippen molar-refractivity contribution >= 4 is 31.9 Å². The topological polar surface area (TPSA) is 34.4 Å². The van der Waals surface area contributed by atoms with Gasteiger partial charge in [-0.3, -0.25) is 0 Å². The molecule has 0 saturated heterocycles. The number of hydrogen-bond acceptors (Lipinski definition) is 3. The third-order valence-electron chi connectivity index (χ3n) is 3.06. The Labute approximate surface area is 136 Å². The van der Waals surface area contributed by atoms with E-state index in [-0.39, 0.29) is 6.04 Å². The van der Waals surface area contributed by atoms with Gasteiger partial charge in [-0.1, -0.05) is 13.0 Å². The molecule has 0 fully saturated rings. The monoisotopic (exact) mass is 401 g/mol. The molecule has 108 valence electrons. The fraction of sp³-hybridized carbons (Fsp3) is 0.333. The molecule has 1 atom stereocenters. The standard InChI is InChI=1S/C15H17Br2NO2/c1-3-7-18-14(11-6-8-20-15(11)17)10-4-5-13(19-2)12(16)9-10/h4-6,8-9,14,18H,3,7H2,1-2H3. The number of benzene rings is 1. The number of halogens is 2. The summed E-state index contributed by atoms with van der Waals surface area (Å²) < 4.78 is 12.3. The first-order chi connectivity index (χ1) is 9.67. The van der Waals surface area contributed by atoms with Crippen molar-refractivity contribution in [1.29, 1.82) is 0 Å². The normalized spacial score (nSPS) is 12.4. The predicted octanol–water partition coefficient (Wildman–Crippen LogP) is 4.90. The highest BCUT2D eigenvalue weighted by Crippen LogP contribution is 2.33. The minimum atomic E-state index is 0.0882. The highest BCUT2D eigenvalue weighted by molar-refractivity contribution is 9.10. The predicted molar refractivity (Wildman–Crippen MR) is 87.2 cm³/mol. The van der Waals surface area contributed by atoms with Crippen molar-refractivity contribution < 1.29 is 9.15 Å². The van der Waals surface area contributed by atoms with Crippen LogP contribution in [0.4, 0.5) is 0 Å². The van der Waals surface area contributed by atoms with Crippen LogP contribution in [0.5, 0.6) is 5.75 Å². The van der Waals surface area contributed by atoms with Crippen LogP contribution in [-0.2, 0) is 0 Å². The molecule has 1 aromatic carbocycles. The summed E-state index contributed by atoms with van der Waals surface area (Å²) in [6.45, 7) is 3.09. The van der Waals surface area contributed by atoms with Gasteiger partial charge in [-0.2, -0.15) is 0 Å². The molecule has 1 aromatic heterocycles. The Morgan fingerprint density at radius 3 is 2.65 bits per heavy atom. The van der Waals surface area contributed by atoms with Gasteiger partial charge in [-0.25, -0.2) is 0 Å². The molecular formula is C15H17Br2NO2. The van der Waals surface area contributed by atoms with Gasteiger partial charge in [0, 0.05) is 5.56 Å². The summed E-state index contributed by atoms with van der Waals surface area (Å²) in [5.74, 6) is 0.828. The van der Waals surface area contributed by atoms with Gasteiger partial charge in [0.25, 0.3) is 0 Å². The van der Waals surface area contributed by atoms with Crippen LogP contribution in [0, 0.1) is 0 Å². The number of methoxy groups -OCH3 is 1. The molecule has 3 nitrogen and oxygen atoms in total. The summed E-state index contributed by atoms with van der Waals surface area (Å²) in [4.78, 5) is 0. The molecule has 2 rings (SSSR count). The summed E-state index contributed by atoms with van der Waals surface area (Å²) in [6, 6.07) is 8.18. The second kappa shape index (κ2) is 7.29. The van der Waals surface area contributed by atoms with Crippen LogP contribution in [0.1, 0.15) is 30.5 Å². The first-order valence-corrected chi connectivity index (χ1v) is 8.05. The van der Waals surface area contributed by atoms with E-state index in [0.717, 1.165) is 39.0 Å². The summed E-state index contributed by atoms with van der Waals surface area (Å²) in [5, 5.41) is 3.54. The van der Waals surface area contributed by atoms with Gasteiger partial charge in [-0.15, -0.1) is 0 Å². The van der Waals surface area contributed by atoms with Gasteiger partial charge in [0.2, 0.25) is 0 Å². The SMILES string of the molecule is CCCNC(c1ccc(OC)c(Br)c1)c1ccoc1Br. The zero-order valence-electron chi connectivity index (χ0n) is 11.5. The van der Waals surface area contributed by atoms with E-state index in [1.165, 1.54) is 0 Å². The van der Waals surface area contributed by atoms with Crippen LogP contribution in [-0.4, -0.2) is 13.7 Å². The highest BCUT2D eigenvalue weighted by atomic mass is 79.9. The molecule has 0 aliphatic heterocycles. The van der Waals surface area contributed by atoms with Crippen molar-refractivity contribution in [2.45, 2.75) is 19.4 Å². The number of nitrogens with one attached hydrogen (secondary N) is 1. The van der Waals surface area contributed by atoms with Crippen molar-refractivity contribution in [2.24, 2.45) is 0 Å². The fourth-order valence-electron chi connectivity index (χ4n) is 2.07. The third kappa shape index (κ3) is 3.45. The van der Waals surface area contributed by atoms with Crippen molar-refractivity contribution in [3.63, 3.8) is 0 Å². The molecule has 0 aliphatic rings. The maximum absolute atomic E-state index is 5.36. The fourth-order valence-corrected chi connectivity index (χ4v) is 3.10. The van der Waals surface area contributed by atoms with E-state index in [4.69, 9.17) is 9.15 Å². The second-order valence-corrected chi connectivity index (χ2v) is 6.01. The molecule has 0 bridgehead atoms. The molecule has 1 unspecified atom stereocenters. The Balaban J connectivity index is 2.36. The molecule has 0 spiro atoms. The maximum atomic E-state index is 5.36. The Morgan fingerprint density at radius 2 is 2.10 bits per heavy atom. The van der Waals surface area contributed by atoms with Crippen LogP contribution in [0.15, 0.2) is 44.1 Å². The summed E-state index contributed by atoms with van der Waals surface area (Å²) >= 11 is 7.00. The molecule has 1 N–H and O–H groups in total. The zero-order chi connectivity index (χ0) is 14.5. The maximum Gasteiger partial charge on any atom is 0.174 e. The van der Waals surface area contributed by atoms with E-state index >= 15 is 0 Å². The van der Waals surface area contributed by atoms with Crippen molar-refractivity contribution in [3.05, 3.63) is 50.8 Å². The molecule has 0 aliphatic carbocycles. The van der Waals surface area contributed by atoms with E-state index in [2.05, 4.69) is 56.2 Å². The average Bonchev–Trinajstić information content (AvgIpc) is 2.86. The Bertz CT molecular complexity index is 569. The Morgan fingerprint density at radius 1 is 1.30 bits per heavy atom. The minimum absolute atomic E-state index is 0.0882. The minimum Gasteiger partial charge on any atom is -0.496 e. The highest BCUT2D eigenvalue weighted by Gasteiger charge is 2.19. The lowest BCUT2D eigenvalue weighted by Crippen LogP contribution is -2.23. The van der Waals surface area contributed by atoms with E-state index in [1.54, 1.807) is 13.4 Å². The quantitative estimate of drug-likeness (QED) is 0.745. The van der Waals surface area contributed by atoms with Crippen molar-refractivity contribution in [3.8, 4) is 5.75 Å². The largest absolute Gasteiger partial charge is 0.496 e. The van der Waals surface area contributed by atoms with Gasteiger partial charge in [-0.05, 0) is 68.6 Å². The van der Waals surface area contributed by atoms with Crippen LogP contribution in [0.2, 0.25) is 0 Å².